The molecule has 2 nitrogen and oxygen atoms in total. The van der Waals surface area contributed by atoms with Crippen molar-refractivity contribution in [2.75, 3.05) is 4.90 Å². The zero-order valence-corrected chi connectivity index (χ0v) is 29.4. The van der Waals surface area contributed by atoms with Crippen molar-refractivity contribution in [2.24, 2.45) is 0 Å². The molecule has 0 bridgehead atoms. The van der Waals surface area contributed by atoms with Gasteiger partial charge < -0.3 is 9.32 Å². The summed E-state index contributed by atoms with van der Waals surface area (Å²) < 4.78 is 6.68. The lowest BCUT2D eigenvalue weighted by atomic mass is 9.94. The van der Waals surface area contributed by atoms with E-state index in [0.29, 0.717) is 0 Å². The first-order valence-corrected chi connectivity index (χ1v) is 18.5. The number of fused-ring (bicyclic) bond motifs is 10. The molecule has 252 valence electrons. The van der Waals surface area contributed by atoms with Gasteiger partial charge in [0.1, 0.15) is 11.2 Å². The largest absolute Gasteiger partial charge is 0.455 e. The van der Waals surface area contributed by atoms with E-state index >= 15 is 0 Å². The second kappa shape index (κ2) is 12.2. The molecule has 1 aromatic heterocycles. The molecular formula is C52H33NO. The molecule has 10 aromatic carbocycles. The minimum atomic E-state index is 0.895. The van der Waals surface area contributed by atoms with Gasteiger partial charge in [0.25, 0.3) is 0 Å². The van der Waals surface area contributed by atoms with E-state index in [4.69, 9.17) is 4.42 Å². The minimum absolute atomic E-state index is 0.895. The van der Waals surface area contributed by atoms with Gasteiger partial charge in [0.15, 0.2) is 0 Å². The molecule has 0 aliphatic heterocycles. The Morgan fingerprint density at radius 1 is 0.333 bits per heavy atom. The SMILES string of the molecule is c1ccc(-c2ccccc2N(c2ccc(-c3ccc4c(ccc5ccc6ccccc6c54)c3)cc2)c2cccc3ccc4c5ccccc5oc4c23)cc1. The summed E-state index contributed by atoms with van der Waals surface area (Å²) in [4.78, 5) is 2.40. The van der Waals surface area contributed by atoms with Gasteiger partial charge >= 0.3 is 0 Å². The number of hydrogen-bond acceptors (Lipinski definition) is 2. The predicted octanol–water partition coefficient (Wildman–Crippen LogP) is 15.0. The Labute approximate surface area is 312 Å². The third-order valence-corrected chi connectivity index (χ3v) is 11.0. The fraction of sp³-hybridized carbons (Fsp3) is 0. The Morgan fingerprint density at radius 2 is 0.944 bits per heavy atom. The Bertz CT molecular complexity index is 3210. The van der Waals surface area contributed by atoms with Crippen LogP contribution in [0.15, 0.2) is 205 Å². The van der Waals surface area contributed by atoms with Crippen molar-refractivity contribution < 1.29 is 4.42 Å². The number of rotatable bonds is 5. The Morgan fingerprint density at radius 3 is 1.83 bits per heavy atom. The summed E-state index contributed by atoms with van der Waals surface area (Å²) in [7, 11) is 0. The average molecular weight is 688 g/mol. The van der Waals surface area contributed by atoms with E-state index in [1.165, 1.54) is 49.0 Å². The van der Waals surface area contributed by atoms with Gasteiger partial charge in [0, 0.05) is 27.4 Å². The zero-order chi connectivity index (χ0) is 35.6. The van der Waals surface area contributed by atoms with Gasteiger partial charge in [0.05, 0.1) is 11.4 Å². The highest BCUT2D eigenvalue weighted by atomic mass is 16.3. The summed E-state index contributed by atoms with van der Waals surface area (Å²) in [6.45, 7) is 0. The maximum Gasteiger partial charge on any atom is 0.145 e. The van der Waals surface area contributed by atoms with E-state index < -0.39 is 0 Å². The van der Waals surface area contributed by atoms with E-state index in [9.17, 15) is 0 Å². The van der Waals surface area contributed by atoms with Crippen molar-refractivity contribution in [1.82, 2.24) is 0 Å². The van der Waals surface area contributed by atoms with Gasteiger partial charge in [-0.25, -0.2) is 0 Å². The Kier molecular flexibility index (Phi) is 6.90. The number of hydrogen-bond donors (Lipinski definition) is 0. The summed E-state index contributed by atoms with van der Waals surface area (Å²) in [5.41, 5.74) is 9.73. The molecule has 11 aromatic rings. The lowest BCUT2D eigenvalue weighted by Gasteiger charge is -2.29. The molecule has 2 heteroatoms. The standard InChI is InChI=1S/C52H33NO/c1-2-11-35(12-3-1)42-15-6-8-18-47(42)53(48-19-10-14-37-27-32-46-45-17-7-9-20-49(45)54-52(46)51(37)48)41-29-25-34(26-30-41)39-28-31-44-40(33-39)24-23-38-22-21-36-13-4-5-16-43(36)50(38)44/h1-33H. The maximum absolute atomic E-state index is 6.68. The molecule has 0 saturated heterocycles. The van der Waals surface area contributed by atoms with E-state index in [1.54, 1.807) is 0 Å². The molecule has 0 fully saturated rings. The second-order valence-corrected chi connectivity index (χ2v) is 14.1. The number of benzene rings is 10. The van der Waals surface area contributed by atoms with Gasteiger partial charge in [-0.05, 0) is 96.9 Å². The lowest BCUT2D eigenvalue weighted by Crippen LogP contribution is -2.11. The third kappa shape index (κ3) is 4.81. The van der Waals surface area contributed by atoms with Crippen LogP contribution in [0, 0.1) is 0 Å². The van der Waals surface area contributed by atoms with Gasteiger partial charge in [-0.2, -0.15) is 0 Å². The molecule has 0 aliphatic rings. The molecule has 1 heterocycles. The fourth-order valence-electron chi connectivity index (χ4n) is 8.48. The van der Waals surface area contributed by atoms with Crippen molar-refractivity contribution >= 4 is 82.1 Å². The van der Waals surface area contributed by atoms with Gasteiger partial charge in [-0.1, -0.05) is 158 Å². The monoisotopic (exact) mass is 687 g/mol. The molecular weight excluding hydrogens is 655 g/mol. The van der Waals surface area contributed by atoms with Crippen molar-refractivity contribution in [2.45, 2.75) is 0 Å². The van der Waals surface area contributed by atoms with Crippen LogP contribution in [0.2, 0.25) is 0 Å². The second-order valence-electron chi connectivity index (χ2n) is 14.1. The number of para-hydroxylation sites is 2. The van der Waals surface area contributed by atoms with Crippen LogP contribution in [0.3, 0.4) is 0 Å². The van der Waals surface area contributed by atoms with Crippen molar-refractivity contribution in [3.8, 4) is 22.3 Å². The van der Waals surface area contributed by atoms with Crippen molar-refractivity contribution in [3.63, 3.8) is 0 Å². The number of anilines is 3. The van der Waals surface area contributed by atoms with Crippen LogP contribution in [0.1, 0.15) is 0 Å². The van der Waals surface area contributed by atoms with Gasteiger partial charge in [0.2, 0.25) is 0 Å². The summed E-state index contributed by atoms with van der Waals surface area (Å²) >= 11 is 0. The molecule has 0 N–H and O–H groups in total. The molecule has 54 heavy (non-hydrogen) atoms. The quantitative estimate of drug-likeness (QED) is 0.168. The average Bonchev–Trinajstić information content (AvgIpc) is 3.63. The smallest absolute Gasteiger partial charge is 0.145 e. The van der Waals surface area contributed by atoms with E-state index in [-0.39, 0.29) is 0 Å². The molecule has 11 rings (SSSR count). The highest BCUT2D eigenvalue weighted by molar-refractivity contribution is 6.21. The van der Waals surface area contributed by atoms with Crippen LogP contribution in [-0.2, 0) is 0 Å². The lowest BCUT2D eigenvalue weighted by molar-refractivity contribution is 0.672. The first-order chi connectivity index (χ1) is 26.8. The Hall–Kier alpha value is -7.16. The van der Waals surface area contributed by atoms with Crippen LogP contribution in [0.25, 0.3) is 87.3 Å². The maximum atomic E-state index is 6.68. The summed E-state index contributed by atoms with van der Waals surface area (Å²) in [6.07, 6.45) is 0. The molecule has 0 saturated carbocycles. The molecule has 0 atom stereocenters. The first-order valence-electron chi connectivity index (χ1n) is 18.5. The summed E-state index contributed by atoms with van der Waals surface area (Å²) in [5, 5.41) is 12.1. The molecule has 0 spiro atoms. The molecule has 0 aliphatic carbocycles. The van der Waals surface area contributed by atoms with Crippen LogP contribution in [0.5, 0.6) is 0 Å². The highest BCUT2D eigenvalue weighted by Crippen LogP contribution is 2.46. The summed E-state index contributed by atoms with van der Waals surface area (Å²) in [6, 6.07) is 72.2. The predicted molar refractivity (Wildman–Crippen MR) is 229 cm³/mol. The van der Waals surface area contributed by atoms with Crippen molar-refractivity contribution in [3.05, 3.63) is 200 Å². The van der Waals surface area contributed by atoms with Crippen molar-refractivity contribution in [1.29, 1.82) is 0 Å². The minimum Gasteiger partial charge on any atom is -0.455 e. The first kappa shape index (κ1) is 30.5. The van der Waals surface area contributed by atoms with Crippen LogP contribution >= 0.6 is 0 Å². The van der Waals surface area contributed by atoms with Gasteiger partial charge in [-0.15, -0.1) is 0 Å². The topological polar surface area (TPSA) is 16.4 Å². The zero-order valence-electron chi connectivity index (χ0n) is 29.4. The van der Waals surface area contributed by atoms with Crippen LogP contribution in [0.4, 0.5) is 17.1 Å². The number of nitrogens with zero attached hydrogens (tertiary/aromatic N) is 1. The van der Waals surface area contributed by atoms with Crippen LogP contribution < -0.4 is 4.90 Å². The Balaban J connectivity index is 1.10. The van der Waals surface area contributed by atoms with Gasteiger partial charge in [-0.3, -0.25) is 0 Å². The van der Waals surface area contributed by atoms with E-state index in [0.717, 1.165) is 55.3 Å². The third-order valence-electron chi connectivity index (χ3n) is 11.0. The molecule has 0 unspecified atom stereocenters. The highest BCUT2D eigenvalue weighted by Gasteiger charge is 2.22. The summed E-state index contributed by atoms with van der Waals surface area (Å²) in [5.74, 6) is 0. The molecule has 0 amide bonds. The van der Waals surface area contributed by atoms with Crippen LogP contribution in [-0.4, -0.2) is 0 Å². The fourth-order valence-corrected chi connectivity index (χ4v) is 8.48. The normalized spacial score (nSPS) is 11.7. The van der Waals surface area contributed by atoms with E-state index in [1.807, 2.05) is 6.07 Å². The van der Waals surface area contributed by atoms with E-state index in [2.05, 4.69) is 199 Å². The molecule has 0 radical (unpaired) electrons. The number of furan rings is 1.